The van der Waals surface area contributed by atoms with Crippen LogP contribution in [0.1, 0.15) is 24.3 Å². The Hall–Kier alpha value is -1.32. The third-order valence-corrected chi connectivity index (χ3v) is 4.01. The van der Waals surface area contributed by atoms with Crippen LogP contribution in [0, 0.1) is 0 Å². The van der Waals surface area contributed by atoms with Crippen molar-refractivity contribution in [2.45, 2.75) is 24.8 Å². The minimum Gasteiger partial charge on any atom is -0.361 e. The molecular formula is C15H21N3. The van der Waals surface area contributed by atoms with E-state index in [0.29, 0.717) is 12.0 Å². The van der Waals surface area contributed by atoms with E-state index in [1.165, 1.54) is 29.3 Å². The fourth-order valence-corrected chi connectivity index (χ4v) is 3.12. The number of nitrogens with one attached hydrogen (secondary N) is 3. The summed E-state index contributed by atoms with van der Waals surface area (Å²) in [6, 6.07) is 9.21. The van der Waals surface area contributed by atoms with Gasteiger partial charge >= 0.3 is 0 Å². The minimum atomic E-state index is 0.599. The van der Waals surface area contributed by atoms with E-state index >= 15 is 0 Å². The molecule has 1 aliphatic rings. The van der Waals surface area contributed by atoms with E-state index in [0.717, 1.165) is 13.1 Å². The molecule has 3 heteroatoms. The maximum atomic E-state index is 3.59. The zero-order chi connectivity index (χ0) is 12.4. The number of aromatic nitrogens is 1. The number of H-pyrrole nitrogens is 1. The van der Waals surface area contributed by atoms with Crippen molar-refractivity contribution in [2.24, 2.45) is 0 Å². The summed E-state index contributed by atoms with van der Waals surface area (Å²) in [6.45, 7) is 2.18. The molecule has 0 radical (unpaired) electrons. The summed E-state index contributed by atoms with van der Waals surface area (Å²) in [5.74, 6) is 0.681. The highest BCUT2D eigenvalue weighted by Gasteiger charge is 2.23. The second kappa shape index (κ2) is 5.12. The summed E-state index contributed by atoms with van der Waals surface area (Å²) < 4.78 is 0. The Bertz CT molecular complexity index is 515. The van der Waals surface area contributed by atoms with E-state index in [4.69, 9.17) is 0 Å². The lowest BCUT2D eigenvalue weighted by Gasteiger charge is -2.30. The number of fused-ring (bicyclic) bond motifs is 1. The Morgan fingerprint density at radius 1 is 1.33 bits per heavy atom. The van der Waals surface area contributed by atoms with Gasteiger partial charge in [0.15, 0.2) is 0 Å². The normalized spacial score (nSPS) is 24.5. The number of rotatable bonds is 3. The van der Waals surface area contributed by atoms with E-state index < -0.39 is 0 Å². The zero-order valence-corrected chi connectivity index (χ0v) is 10.9. The van der Waals surface area contributed by atoms with Gasteiger partial charge < -0.3 is 15.6 Å². The van der Waals surface area contributed by atoms with Gasteiger partial charge in [-0.05, 0) is 44.0 Å². The summed E-state index contributed by atoms with van der Waals surface area (Å²) in [5.41, 5.74) is 2.75. The van der Waals surface area contributed by atoms with Gasteiger partial charge in [0.1, 0.15) is 0 Å². The molecule has 0 aliphatic carbocycles. The van der Waals surface area contributed by atoms with Crippen LogP contribution in [-0.2, 0) is 0 Å². The highest BCUT2D eigenvalue weighted by Crippen LogP contribution is 2.32. The van der Waals surface area contributed by atoms with Gasteiger partial charge in [-0.3, -0.25) is 0 Å². The highest BCUT2D eigenvalue weighted by molar-refractivity contribution is 5.83. The van der Waals surface area contributed by atoms with Crippen LogP contribution in [0.25, 0.3) is 10.9 Å². The third kappa shape index (κ3) is 2.16. The fraction of sp³-hybridized carbons (Fsp3) is 0.467. The average Bonchev–Trinajstić information content (AvgIpc) is 2.83. The molecule has 2 aromatic rings. The lowest BCUT2D eigenvalue weighted by Crippen LogP contribution is -2.43. The first-order chi connectivity index (χ1) is 8.88. The molecular weight excluding hydrogens is 222 g/mol. The van der Waals surface area contributed by atoms with Crippen LogP contribution in [0.2, 0.25) is 0 Å². The van der Waals surface area contributed by atoms with E-state index in [2.05, 4.69) is 46.1 Å². The van der Waals surface area contributed by atoms with E-state index in [9.17, 15) is 0 Å². The molecule has 2 unspecified atom stereocenters. The maximum absolute atomic E-state index is 3.59. The molecule has 3 N–H and O–H groups in total. The Kier molecular flexibility index (Phi) is 3.35. The molecule has 96 valence electrons. The van der Waals surface area contributed by atoms with Crippen molar-refractivity contribution in [3.8, 4) is 0 Å². The van der Waals surface area contributed by atoms with E-state index in [1.807, 2.05) is 7.05 Å². The predicted molar refractivity (Wildman–Crippen MR) is 76.0 cm³/mol. The second-order valence-electron chi connectivity index (χ2n) is 5.22. The number of benzene rings is 1. The first-order valence-corrected chi connectivity index (χ1v) is 6.82. The van der Waals surface area contributed by atoms with Gasteiger partial charge in [0.2, 0.25) is 0 Å². The molecule has 2 heterocycles. The lowest BCUT2D eigenvalue weighted by atomic mass is 9.86. The van der Waals surface area contributed by atoms with E-state index in [-0.39, 0.29) is 0 Å². The summed E-state index contributed by atoms with van der Waals surface area (Å²) in [6.07, 6.45) is 4.67. The molecule has 1 aromatic heterocycles. The van der Waals surface area contributed by atoms with E-state index in [1.54, 1.807) is 0 Å². The molecule has 1 aromatic carbocycles. The molecule has 3 rings (SSSR count). The van der Waals surface area contributed by atoms with Gasteiger partial charge in [0.25, 0.3) is 0 Å². The van der Waals surface area contributed by atoms with Gasteiger partial charge in [-0.25, -0.2) is 0 Å². The lowest BCUT2D eigenvalue weighted by molar-refractivity contribution is 0.356. The number of aromatic amines is 1. The van der Waals surface area contributed by atoms with Gasteiger partial charge in [0.05, 0.1) is 0 Å². The summed E-state index contributed by atoms with van der Waals surface area (Å²) in [5, 5.41) is 8.25. The smallest absolute Gasteiger partial charge is 0.0456 e. The molecule has 0 bridgehead atoms. The molecule has 2 atom stereocenters. The van der Waals surface area contributed by atoms with Crippen molar-refractivity contribution in [1.29, 1.82) is 0 Å². The number of hydrogen-bond donors (Lipinski definition) is 3. The molecule has 1 fully saturated rings. The molecule has 1 saturated heterocycles. The summed E-state index contributed by atoms with van der Waals surface area (Å²) in [7, 11) is 2.02. The quantitative estimate of drug-likeness (QED) is 0.773. The molecule has 0 spiro atoms. The van der Waals surface area contributed by atoms with Crippen molar-refractivity contribution in [1.82, 2.24) is 15.6 Å². The first kappa shape index (κ1) is 11.8. The van der Waals surface area contributed by atoms with Gasteiger partial charge in [-0.15, -0.1) is 0 Å². The largest absolute Gasteiger partial charge is 0.361 e. The number of para-hydroxylation sites is 1. The monoisotopic (exact) mass is 243 g/mol. The second-order valence-corrected chi connectivity index (χ2v) is 5.22. The number of likely N-dealkylation sites (N-methyl/N-ethyl adjacent to an activating group) is 1. The minimum absolute atomic E-state index is 0.599. The topological polar surface area (TPSA) is 39.9 Å². The number of piperidine rings is 1. The van der Waals surface area contributed by atoms with Crippen LogP contribution in [0.5, 0.6) is 0 Å². The SMILES string of the molecule is CNCC1CC(c2c[nH]c3ccccc23)CCN1. The van der Waals surface area contributed by atoms with Gasteiger partial charge in [-0.2, -0.15) is 0 Å². The van der Waals surface area contributed by atoms with Gasteiger partial charge in [0, 0.05) is 29.7 Å². The van der Waals surface area contributed by atoms with Crippen LogP contribution in [0.15, 0.2) is 30.5 Å². The van der Waals surface area contributed by atoms with Crippen LogP contribution >= 0.6 is 0 Å². The molecule has 3 nitrogen and oxygen atoms in total. The van der Waals surface area contributed by atoms with Crippen molar-refractivity contribution in [3.05, 3.63) is 36.0 Å². The number of hydrogen-bond acceptors (Lipinski definition) is 2. The summed E-state index contributed by atoms with van der Waals surface area (Å²) >= 11 is 0. The molecule has 1 aliphatic heterocycles. The van der Waals surface area contributed by atoms with Crippen LogP contribution in [-0.4, -0.2) is 31.2 Å². The molecule has 18 heavy (non-hydrogen) atoms. The highest BCUT2D eigenvalue weighted by atomic mass is 15.0. The standard InChI is InChI=1S/C15H21N3/c1-16-9-12-8-11(6-7-17-12)14-10-18-15-5-3-2-4-13(14)15/h2-5,10-12,16-18H,6-9H2,1H3. The van der Waals surface area contributed by atoms with Crippen LogP contribution in [0.4, 0.5) is 0 Å². The average molecular weight is 243 g/mol. The molecule has 0 amide bonds. The van der Waals surface area contributed by atoms with Crippen molar-refractivity contribution >= 4 is 10.9 Å². The maximum Gasteiger partial charge on any atom is 0.0456 e. The van der Waals surface area contributed by atoms with Gasteiger partial charge in [-0.1, -0.05) is 18.2 Å². The van der Waals surface area contributed by atoms with Crippen LogP contribution < -0.4 is 10.6 Å². The Morgan fingerprint density at radius 2 is 2.22 bits per heavy atom. The zero-order valence-electron chi connectivity index (χ0n) is 10.9. The van der Waals surface area contributed by atoms with Crippen molar-refractivity contribution < 1.29 is 0 Å². The Balaban J connectivity index is 1.85. The first-order valence-electron chi connectivity index (χ1n) is 6.82. The fourth-order valence-electron chi connectivity index (χ4n) is 3.12. The predicted octanol–water partition coefficient (Wildman–Crippen LogP) is 2.22. The van der Waals surface area contributed by atoms with Crippen molar-refractivity contribution in [3.63, 3.8) is 0 Å². The van der Waals surface area contributed by atoms with Crippen LogP contribution in [0.3, 0.4) is 0 Å². The molecule has 0 saturated carbocycles. The Morgan fingerprint density at radius 3 is 3.11 bits per heavy atom. The van der Waals surface area contributed by atoms with Crippen molar-refractivity contribution in [2.75, 3.05) is 20.1 Å². The summed E-state index contributed by atoms with van der Waals surface area (Å²) in [4.78, 5) is 3.40. The third-order valence-electron chi connectivity index (χ3n) is 4.01. The Labute approximate surface area is 108 Å².